The van der Waals surface area contributed by atoms with Gasteiger partial charge in [-0.2, -0.15) is 0 Å². The number of rotatable bonds is 2. The second kappa shape index (κ2) is 3.04. The molecule has 0 spiro atoms. The van der Waals surface area contributed by atoms with Gasteiger partial charge in [-0.3, -0.25) is 9.67 Å². The average molecular weight is 173 g/mol. The summed E-state index contributed by atoms with van der Waals surface area (Å²) in [6.45, 7) is 4.74. The lowest BCUT2D eigenvalue weighted by Crippen LogP contribution is -2.19. The number of aromatic nitrogens is 3. The van der Waals surface area contributed by atoms with Gasteiger partial charge in [0.15, 0.2) is 4.77 Å². The van der Waals surface area contributed by atoms with Crippen LogP contribution < -0.4 is 5.69 Å². The van der Waals surface area contributed by atoms with Crippen LogP contribution in [0, 0.1) is 10.7 Å². The SMILES string of the molecule is CC(C)Cn1c(=O)[nH][nH]c1=S. The van der Waals surface area contributed by atoms with Crippen LogP contribution in [0.25, 0.3) is 0 Å². The largest absolute Gasteiger partial charge is 0.342 e. The van der Waals surface area contributed by atoms with Crippen LogP contribution in [0.3, 0.4) is 0 Å². The van der Waals surface area contributed by atoms with Crippen molar-refractivity contribution in [2.75, 3.05) is 0 Å². The molecule has 0 radical (unpaired) electrons. The predicted octanol–water partition coefficient (Wildman–Crippen LogP) is 0.890. The van der Waals surface area contributed by atoms with Crippen LogP contribution in [0.1, 0.15) is 13.8 Å². The Bertz CT molecular complexity index is 305. The lowest BCUT2D eigenvalue weighted by molar-refractivity contribution is 0.507. The molecule has 1 aromatic heterocycles. The molecular formula is C6H11N3OS. The zero-order valence-corrected chi connectivity index (χ0v) is 7.36. The Hall–Kier alpha value is -0.840. The number of nitrogens with zero attached hydrogens (tertiary/aromatic N) is 1. The van der Waals surface area contributed by atoms with Crippen LogP contribution >= 0.6 is 12.2 Å². The van der Waals surface area contributed by atoms with E-state index >= 15 is 0 Å². The van der Waals surface area contributed by atoms with Gasteiger partial charge in [-0.05, 0) is 18.1 Å². The van der Waals surface area contributed by atoms with Gasteiger partial charge in [0.1, 0.15) is 0 Å². The van der Waals surface area contributed by atoms with E-state index in [4.69, 9.17) is 12.2 Å². The standard InChI is InChI=1S/C6H11N3OS/c1-4(2)3-9-5(10)7-8-6(9)11/h4H,3H2,1-2H3,(H,7,10)(H,8,11). The third-order valence-corrected chi connectivity index (χ3v) is 1.64. The van der Waals surface area contributed by atoms with Gasteiger partial charge in [-0.1, -0.05) is 13.8 Å². The molecule has 2 N–H and O–H groups in total. The molecule has 62 valence electrons. The first-order valence-electron chi connectivity index (χ1n) is 3.48. The summed E-state index contributed by atoms with van der Waals surface area (Å²) in [5.74, 6) is 0.429. The predicted molar refractivity (Wildman–Crippen MR) is 45.1 cm³/mol. The minimum atomic E-state index is -0.163. The molecule has 1 heterocycles. The normalized spacial score (nSPS) is 10.8. The number of aromatic amines is 2. The number of nitrogens with one attached hydrogen (secondary N) is 2. The first kappa shape index (κ1) is 8.26. The van der Waals surface area contributed by atoms with Crippen molar-refractivity contribution < 1.29 is 0 Å². The third-order valence-electron chi connectivity index (χ3n) is 1.31. The van der Waals surface area contributed by atoms with Crippen LogP contribution in [0.5, 0.6) is 0 Å². The molecule has 0 aliphatic rings. The van der Waals surface area contributed by atoms with Crippen LogP contribution in [0.4, 0.5) is 0 Å². The lowest BCUT2D eigenvalue weighted by Gasteiger charge is -2.02. The van der Waals surface area contributed by atoms with Gasteiger partial charge in [0, 0.05) is 6.54 Å². The van der Waals surface area contributed by atoms with Crippen molar-refractivity contribution >= 4 is 12.2 Å². The lowest BCUT2D eigenvalue weighted by atomic mass is 10.2. The molecule has 0 saturated heterocycles. The quantitative estimate of drug-likeness (QED) is 0.652. The topological polar surface area (TPSA) is 53.6 Å². The van der Waals surface area contributed by atoms with E-state index in [2.05, 4.69) is 10.2 Å². The Morgan fingerprint density at radius 1 is 1.55 bits per heavy atom. The van der Waals surface area contributed by atoms with Crippen LogP contribution in [0.15, 0.2) is 4.79 Å². The Morgan fingerprint density at radius 3 is 2.55 bits per heavy atom. The highest BCUT2D eigenvalue weighted by atomic mass is 32.1. The zero-order chi connectivity index (χ0) is 8.43. The second-order valence-corrected chi connectivity index (χ2v) is 3.25. The van der Waals surface area contributed by atoms with E-state index in [0.29, 0.717) is 17.2 Å². The van der Waals surface area contributed by atoms with Crippen molar-refractivity contribution in [2.45, 2.75) is 20.4 Å². The Balaban J connectivity index is 3.02. The molecule has 0 fully saturated rings. The van der Waals surface area contributed by atoms with Crippen molar-refractivity contribution in [1.82, 2.24) is 14.8 Å². The smallest absolute Gasteiger partial charge is 0.272 e. The highest BCUT2D eigenvalue weighted by Crippen LogP contribution is 1.94. The van der Waals surface area contributed by atoms with Crippen molar-refractivity contribution in [3.63, 3.8) is 0 Å². The summed E-state index contributed by atoms with van der Waals surface area (Å²) in [5, 5.41) is 5.00. The van der Waals surface area contributed by atoms with Crippen molar-refractivity contribution in [1.29, 1.82) is 0 Å². The van der Waals surface area contributed by atoms with Gasteiger partial charge in [-0.15, -0.1) is 0 Å². The second-order valence-electron chi connectivity index (χ2n) is 2.86. The summed E-state index contributed by atoms with van der Waals surface area (Å²) >= 11 is 4.87. The third kappa shape index (κ3) is 1.80. The van der Waals surface area contributed by atoms with Crippen molar-refractivity contribution in [2.24, 2.45) is 5.92 Å². The monoisotopic (exact) mass is 173 g/mol. The summed E-state index contributed by atoms with van der Waals surface area (Å²) in [5.41, 5.74) is -0.163. The maximum atomic E-state index is 11.0. The van der Waals surface area contributed by atoms with Gasteiger partial charge < -0.3 is 0 Å². The molecule has 0 aliphatic carbocycles. The number of H-pyrrole nitrogens is 2. The molecule has 0 bridgehead atoms. The van der Waals surface area contributed by atoms with E-state index < -0.39 is 0 Å². The minimum absolute atomic E-state index is 0.163. The van der Waals surface area contributed by atoms with Gasteiger partial charge >= 0.3 is 5.69 Å². The van der Waals surface area contributed by atoms with E-state index in [-0.39, 0.29) is 5.69 Å². The summed E-state index contributed by atoms with van der Waals surface area (Å²) in [7, 11) is 0. The molecule has 11 heavy (non-hydrogen) atoms. The Morgan fingerprint density at radius 2 is 2.18 bits per heavy atom. The fraction of sp³-hybridized carbons (Fsp3) is 0.667. The van der Waals surface area contributed by atoms with Gasteiger partial charge in [-0.25, -0.2) is 9.89 Å². The van der Waals surface area contributed by atoms with E-state index in [1.807, 2.05) is 13.8 Å². The molecule has 1 aromatic rings. The Kier molecular flexibility index (Phi) is 2.28. The first-order chi connectivity index (χ1) is 5.11. The minimum Gasteiger partial charge on any atom is -0.272 e. The summed E-state index contributed by atoms with van der Waals surface area (Å²) in [4.78, 5) is 11.0. The fourth-order valence-electron chi connectivity index (χ4n) is 0.865. The van der Waals surface area contributed by atoms with Crippen molar-refractivity contribution in [3.8, 4) is 0 Å². The first-order valence-corrected chi connectivity index (χ1v) is 3.89. The molecule has 0 amide bonds. The van der Waals surface area contributed by atoms with E-state index in [0.717, 1.165) is 0 Å². The fourth-order valence-corrected chi connectivity index (χ4v) is 1.07. The number of hydrogen-bond acceptors (Lipinski definition) is 2. The molecule has 0 aliphatic heterocycles. The molecule has 1 rings (SSSR count). The summed E-state index contributed by atoms with van der Waals surface area (Å²) in [6, 6.07) is 0. The maximum absolute atomic E-state index is 11.0. The van der Waals surface area contributed by atoms with E-state index in [9.17, 15) is 4.79 Å². The van der Waals surface area contributed by atoms with Gasteiger partial charge in [0.25, 0.3) is 0 Å². The highest BCUT2D eigenvalue weighted by molar-refractivity contribution is 7.71. The average Bonchev–Trinajstić information content (AvgIpc) is 2.18. The zero-order valence-electron chi connectivity index (χ0n) is 6.55. The van der Waals surface area contributed by atoms with Crippen LogP contribution in [-0.2, 0) is 6.54 Å². The molecule has 0 aromatic carbocycles. The Labute approximate surface area is 69.2 Å². The molecular weight excluding hydrogens is 162 g/mol. The van der Waals surface area contributed by atoms with Gasteiger partial charge in [0.2, 0.25) is 0 Å². The van der Waals surface area contributed by atoms with Crippen LogP contribution in [0.2, 0.25) is 0 Å². The molecule has 5 heteroatoms. The summed E-state index contributed by atoms with van der Waals surface area (Å²) < 4.78 is 1.98. The van der Waals surface area contributed by atoms with E-state index in [1.54, 1.807) is 0 Å². The number of hydrogen-bond donors (Lipinski definition) is 2. The van der Waals surface area contributed by atoms with Crippen LogP contribution in [-0.4, -0.2) is 14.8 Å². The molecule has 0 saturated carbocycles. The van der Waals surface area contributed by atoms with E-state index in [1.165, 1.54) is 4.57 Å². The maximum Gasteiger partial charge on any atom is 0.342 e. The molecule has 4 nitrogen and oxygen atoms in total. The van der Waals surface area contributed by atoms with Crippen molar-refractivity contribution in [3.05, 3.63) is 15.3 Å². The van der Waals surface area contributed by atoms with Gasteiger partial charge in [0.05, 0.1) is 0 Å². The molecule has 0 atom stereocenters. The molecule has 0 unspecified atom stereocenters. The highest BCUT2D eigenvalue weighted by Gasteiger charge is 2.01. The summed E-state index contributed by atoms with van der Waals surface area (Å²) in [6.07, 6.45) is 0.